The van der Waals surface area contributed by atoms with Crippen molar-refractivity contribution in [2.24, 2.45) is 0 Å². The van der Waals surface area contributed by atoms with E-state index in [4.69, 9.17) is 5.73 Å². The van der Waals surface area contributed by atoms with Crippen LogP contribution in [0.2, 0.25) is 0 Å². The van der Waals surface area contributed by atoms with Crippen LogP contribution in [0.1, 0.15) is 37.6 Å². The van der Waals surface area contributed by atoms with Gasteiger partial charge in [-0.15, -0.1) is 0 Å². The predicted octanol–water partition coefficient (Wildman–Crippen LogP) is 1.82. The SMILES string of the molecule is CCCc1nc(N)cc(Cc2nccn2CC)n1. The van der Waals surface area contributed by atoms with Crippen LogP contribution in [0.5, 0.6) is 0 Å². The van der Waals surface area contributed by atoms with Gasteiger partial charge in [0.05, 0.1) is 5.69 Å². The summed E-state index contributed by atoms with van der Waals surface area (Å²) in [4.78, 5) is 13.1. The lowest BCUT2D eigenvalue weighted by Gasteiger charge is -2.06. The Labute approximate surface area is 107 Å². The Bertz CT molecular complexity index is 518. The van der Waals surface area contributed by atoms with Crippen LogP contribution in [0.25, 0.3) is 0 Å². The molecule has 5 heteroatoms. The molecule has 0 radical (unpaired) electrons. The predicted molar refractivity (Wildman–Crippen MR) is 71.1 cm³/mol. The van der Waals surface area contributed by atoms with E-state index in [9.17, 15) is 0 Å². The second-order valence-electron chi connectivity index (χ2n) is 4.26. The van der Waals surface area contributed by atoms with Gasteiger partial charge in [-0.1, -0.05) is 6.92 Å². The van der Waals surface area contributed by atoms with Crippen molar-refractivity contribution in [2.45, 2.75) is 39.7 Å². The fraction of sp³-hybridized carbons (Fsp3) is 0.462. The van der Waals surface area contributed by atoms with Crippen molar-refractivity contribution >= 4 is 5.82 Å². The molecule has 0 bridgehead atoms. The number of aromatic nitrogens is 4. The van der Waals surface area contributed by atoms with Gasteiger partial charge in [-0.05, 0) is 13.3 Å². The highest BCUT2D eigenvalue weighted by molar-refractivity contribution is 5.31. The molecule has 0 spiro atoms. The van der Waals surface area contributed by atoms with Crippen LogP contribution in [-0.2, 0) is 19.4 Å². The molecule has 2 aromatic heterocycles. The Hall–Kier alpha value is -1.91. The summed E-state index contributed by atoms with van der Waals surface area (Å²) in [5, 5.41) is 0. The standard InChI is InChI=1S/C13H19N5/c1-3-5-12-16-10(8-11(14)17-12)9-13-15-6-7-18(13)4-2/h6-8H,3-5,9H2,1-2H3,(H2,14,16,17). The van der Waals surface area contributed by atoms with E-state index >= 15 is 0 Å². The average Bonchev–Trinajstić information content (AvgIpc) is 2.76. The van der Waals surface area contributed by atoms with Gasteiger partial charge >= 0.3 is 0 Å². The molecule has 2 N–H and O–H groups in total. The highest BCUT2D eigenvalue weighted by atomic mass is 15.1. The van der Waals surface area contributed by atoms with Crippen LogP contribution in [0.4, 0.5) is 5.82 Å². The minimum atomic E-state index is 0.540. The fourth-order valence-electron chi connectivity index (χ4n) is 1.96. The maximum Gasteiger partial charge on any atom is 0.130 e. The maximum absolute atomic E-state index is 5.81. The molecule has 18 heavy (non-hydrogen) atoms. The summed E-state index contributed by atoms with van der Waals surface area (Å²) in [5.74, 6) is 2.37. The highest BCUT2D eigenvalue weighted by Crippen LogP contribution is 2.10. The van der Waals surface area contributed by atoms with E-state index in [1.54, 1.807) is 0 Å². The first kappa shape index (κ1) is 12.5. The van der Waals surface area contributed by atoms with E-state index in [-0.39, 0.29) is 0 Å². The van der Waals surface area contributed by atoms with Crippen LogP contribution in [-0.4, -0.2) is 19.5 Å². The molecule has 0 atom stereocenters. The number of aryl methyl sites for hydroxylation is 2. The van der Waals surface area contributed by atoms with Crippen LogP contribution >= 0.6 is 0 Å². The molecule has 0 aliphatic carbocycles. The monoisotopic (exact) mass is 245 g/mol. The molecule has 5 nitrogen and oxygen atoms in total. The van der Waals surface area contributed by atoms with E-state index < -0.39 is 0 Å². The molecular weight excluding hydrogens is 226 g/mol. The number of nitrogens with zero attached hydrogens (tertiary/aromatic N) is 4. The molecule has 0 saturated carbocycles. The van der Waals surface area contributed by atoms with Crippen molar-refractivity contribution < 1.29 is 0 Å². The minimum absolute atomic E-state index is 0.540. The number of hydrogen-bond acceptors (Lipinski definition) is 4. The maximum atomic E-state index is 5.81. The molecule has 0 amide bonds. The first-order chi connectivity index (χ1) is 8.72. The summed E-state index contributed by atoms with van der Waals surface area (Å²) in [6.07, 6.45) is 6.38. The summed E-state index contributed by atoms with van der Waals surface area (Å²) in [7, 11) is 0. The van der Waals surface area contributed by atoms with Crippen LogP contribution in [0.15, 0.2) is 18.5 Å². The zero-order valence-electron chi connectivity index (χ0n) is 10.9. The molecule has 2 aromatic rings. The number of nitrogens with two attached hydrogens (primary N) is 1. The topological polar surface area (TPSA) is 69.6 Å². The van der Waals surface area contributed by atoms with E-state index in [0.29, 0.717) is 12.2 Å². The molecule has 0 unspecified atom stereocenters. The third-order valence-corrected chi connectivity index (χ3v) is 2.80. The number of rotatable bonds is 5. The Kier molecular flexibility index (Phi) is 3.92. The normalized spacial score (nSPS) is 10.8. The molecular formula is C13H19N5. The van der Waals surface area contributed by atoms with Gasteiger partial charge in [0, 0.05) is 37.8 Å². The third-order valence-electron chi connectivity index (χ3n) is 2.80. The smallest absolute Gasteiger partial charge is 0.130 e. The van der Waals surface area contributed by atoms with Gasteiger partial charge < -0.3 is 10.3 Å². The molecule has 0 fully saturated rings. The second-order valence-corrected chi connectivity index (χ2v) is 4.26. The Morgan fingerprint density at radius 3 is 2.83 bits per heavy atom. The highest BCUT2D eigenvalue weighted by Gasteiger charge is 2.07. The van der Waals surface area contributed by atoms with Crippen molar-refractivity contribution in [3.63, 3.8) is 0 Å². The molecule has 0 aromatic carbocycles. The lowest BCUT2D eigenvalue weighted by atomic mass is 10.2. The van der Waals surface area contributed by atoms with Gasteiger partial charge in [-0.25, -0.2) is 15.0 Å². The van der Waals surface area contributed by atoms with Crippen LogP contribution in [0, 0.1) is 0 Å². The number of anilines is 1. The Balaban J connectivity index is 2.23. The summed E-state index contributed by atoms with van der Waals surface area (Å²) < 4.78 is 2.11. The number of nitrogen functional groups attached to an aromatic ring is 1. The van der Waals surface area contributed by atoms with Gasteiger partial charge in [0.2, 0.25) is 0 Å². The fourth-order valence-corrected chi connectivity index (χ4v) is 1.96. The number of imidazole rings is 1. The molecule has 2 rings (SSSR count). The third kappa shape index (κ3) is 2.85. The largest absolute Gasteiger partial charge is 0.384 e. The zero-order valence-corrected chi connectivity index (χ0v) is 10.9. The minimum Gasteiger partial charge on any atom is -0.384 e. The molecule has 0 saturated heterocycles. The average molecular weight is 245 g/mol. The Morgan fingerprint density at radius 1 is 1.28 bits per heavy atom. The Morgan fingerprint density at radius 2 is 2.11 bits per heavy atom. The molecule has 0 aliphatic heterocycles. The molecule has 96 valence electrons. The van der Waals surface area contributed by atoms with Gasteiger partial charge in [0.1, 0.15) is 17.5 Å². The summed E-state index contributed by atoms with van der Waals surface area (Å²) >= 11 is 0. The second kappa shape index (κ2) is 5.62. The molecule has 0 aliphatic rings. The van der Waals surface area contributed by atoms with Crippen LogP contribution < -0.4 is 5.73 Å². The molecule has 2 heterocycles. The van der Waals surface area contributed by atoms with Crippen molar-refractivity contribution in [1.29, 1.82) is 0 Å². The summed E-state index contributed by atoms with van der Waals surface area (Å²) in [6.45, 7) is 5.12. The van der Waals surface area contributed by atoms with Crippen LogP contribution in [0.3, 0.4) is 0 Å². The van der Waals surface area contributed by atoms with Gasteiger partial charge in [-0.3, -0.25) is 0 Å². The van der Waals surface area contributed by atoms with E-state index in [0.717, 1.165) is 36.7 Å². The van der Waals surface area contributed by atoms with E-state index in [1.807, 2.05) is 18.5 Å². The quantitative estimate of drug-likeness (QED) is 0.872. The van der Waals surface area contributed by atoms with Crippen molar-refractivity contribution in [3.05, 3.63) is 35.8 Å². The summed E-state index contributed by atoms with van der Waals surface area (Å²) in [5.41, 5.74) is 6.75. The van der Waals surface area contributed by atoms with Crippen molar-refractivity contribution in [2.75, 3.05) is 5.73 Å². The van der Waals surface area contributed by atoms with E-state index in [1.165, 1.54) is 0 Å². The van der Waals surface area contributed by atoms with Crippen molar-refractivity contribution in [3.8, 4) is 0 Å². The lowest BCUT2D eigenvalue weighted by Crippen LogP contribution is -2.07. The first-order valence-corrected chi connectivity index (χ1v) is 6.35. The first-order valence-electron chi connectivity index (χ1n) is 6.35. The lowest BCUT2D eigenvalue weighted by molar-refractivity contribution is 0.705. The van der Waals surface area contributed by atoms with Gasteiger partial charge in [-0.2, -0.15) is 0 Å². The van der Waals surface area contributed by atoms with Gasteiger partial charge in [0.15, 0.2) is 0 Å². The summed E-state index contributed by atoms with van der Waals surface area (Å²) in [6, 6.07) is 1.83. The van der Waals surface area contributed by atoms with Gasteiger partial charge in [0.25, 0.3) is 0 Å². The van der Waals surface area contributed by atoms with Crippen molar-refractivity contribution in [1.82, 2.24) is 19.5 Å². The zero-order chi connectivity index (χ0) is 13.0. The van der Waals surface area contributed by atoms with E-state index in [2.05, 4.69) is 33.4 Å². The number of hydrogen-bond donors (Lipinski definition) is 1.